The van der Waals surface area contributed by atoms with Crippen molar-refractivity contribution in [1.29, 1.82) is 0 Å². The molecule has 6 nitrogen and oxygen atoms in total. The van der Waals surface area contributed by atoms with Crippen LogP contribution in [0.5, 0.6) is 5.75 Å². The van der Waals surface area contributed by atoms with E-state index in [-0.39, 0.29) is 0 Å². The van der Waals surface area contributed by atoms with Gasteiger partial charge in [0.2, 0.25) is 0 Å². The molecule has 1 aromatic carbocycles. The molecular formula is C26H33N3O3S. The minimum atomic E-state index is 0.744. The molecule has 33 heavy (non-hydrogen) atoms. The third-order valence-electron chi connectivity index (χ3n) is 7.03. The van der Waals surface area contributed by atoms with E-state index in [1.807, 2.05) is 6.21 Å². The number of ether oxygens (including phenoxy) is 1. The lowest BCUT2D eigenvalue weighted by atomic mass is 9.91. The van der Waals surface area contributed by atoms with E-state index in [0.717, 1.165) is 72.5 Å². The third-order valence-corrected chi connectivity index (χ3v) is 7.95. The number of thiophene rings is 1. The number of fused-ring (bicyclic) bond motifs is 1. The van der Waals surface area contributed by atoms with Crippen molar-refractivity contribution in [2.45, 2.75) is 52.0 Å². The van der Waals surface area contributed by atoms with Crippen LogP contribution in [0.2, 0.25) is 0 Å². The second-order valence-corrected chi connectivity index (χ2v) is 10.4. The molecule has 0 atom stereocenters. The molecule has 1 saturated heterocycles. The topological polar surface area (TPSA) is 60.1 Å². The summed E-state index contributed by atoms with van der Waals surface area (Å²) in [5.74, 6) is 2.42. The summed E-state index contributed by atoms with van der Waals surface area (Å²) in [5, 5.41) is 11.6. The van der Waals surface area contributed by atoms with Crippen LogP contribution in [-0.4, -0.2) is 43.1 Å². The van der Waals surface area contributed by atoms with Gasteiger partial charge in [0.25, 0.3) is 0 Å². The fraction of sp³-hybridized carbons (Fsp3) is 0.538. The van der Waals surface area contributed by atoms with Gasteiger partial charge in [0.15, 0.2) is 5.58 Å². The number of rotatable bonds is 10. The van der Waals surface area contributed by atoms with Crippen LogP contribution in [-0.2, 0) is 17.8 Å². The lowest BCUT2D eigenvalue weighted by molar-refractivity contribution is 0.173. The fourth-order valence-electron chi connectivity index (χ4n) is 4.68. The van der Waals surface area contributed by atoms with Gasteiger partial charge in [0, 0.05) is 27.9 Å². The number of hydrogen-bond acceptors (Lipinski definition) is 7. The Morgan fingerprint density at radius 3 is 2.82 bits per heavy atom. The van der Waals surface area contributed by atoms with Crippen molar-refractivity contribution < 1.29 is 14.1 Å². The van der Waals surface area contributed by atoms with Gasteiger partial charge in [-0.05, 0) is 94.0 Å². The van der Waals surface area contributed by atoms with E-state index in [1.165, 1.54) is 42.5 Å². The molecule has 1 aliphatic carbocycles. The van der Waals surface area contributed by atoms with Crippen LogP contribution in [0.1, 0.15) is 53.8 Å². The predicted octanol–water partition coefficient (Wildman–Crippen LogP) is 5.81. The zero-order valence-corrected chi connectivity index (χ0v) is 20.4. The van der Waals surface area contributed by atoms with E-state index >= 15 is 0 Å². The van der Waals surface area contributed by atoms with Gasteiger partial charge < -0.3 is 14.1 Å². The molecule has 0 bridgehead atoms. The average Bonchev–Trinajstić information content (AvgIpc) is 3.41. The maximum absolute atomic E-state index is 6.00. The molecule has 2 aliphatic rings. The molecule has 7 heteroatoms. The highest BCUT2D eigenvalue weighted by atomic mass is 32.1. The van der Waals surface area contributed by atoms with Crippen molar-refractivity contribution in [3.63, 3.8) is 0 Å². The summed E-state index contributed by atoms with van der Waals surface area (Å²) >= 11 is 1.80. The van der Waals surface area contributed by atoms with E-state index in [4.69, 9.17) is 14.1 Å². The van der Waals surface area contributed by atoms with Crippen LogP contribution < -0.4 is 4.74 Å². The summed E-state index contributed by atoms with van der Waals surface area (Å²) in [6, 6.07) is 6.33. The first-order valence-electron chi connectivity index (χ1n) is 12.1. The van der Waals surface area contributed by atoms with Crippen LogP contribution in [0.15, 0.2) is 33.3 Å². The van der Waals surface area contributed by atoms with Crippen LogP contribution >= 0.6 is 11.3 Å². The molecule has 5 rings (SSSR count). The highest BCUT2D eigenvalue weighted by Gasteiger charge is 2.24. The minimum absolute atomic E-state index is 0.744. The lowest BCUT2D eigenvalue weighted by Crippen LogP contribution is -2.33. The van der Waals surface area contributed by atoms with Crippen LogP contribution in [0, 0.1) is 18.8 Å². The molecular weight excluding hydrogens is 434 g/mol. The van der Waals surface area contributed by atoms with Gasteiger partial charge >= 0.3 is 0 Å². The molecule has 176 valence electrons. The molecule has 0 spiro atoms. The van der Waals surface area contributed by atoms with Gasteiger partial charge in [0.05, 0.1) is 18.5 Å². The summed E-state index contributed by atoms with van der Waals surface area (Å²) in [5.41, 5.74) is 4.21. The first-order valence-corrected chi connectivity index (χ1v) is 12.9. The monoisotopic (exact) mass is 467 g/mol. The Morgan fingerprint density at radius 2 is 2.03 bits per heavy atom. The van der Waals surface area contributed by atoms with E-state index < -0.39 is 0 Å². The SMILES string of the molecule is CON=Cc1ccsc1CN1CCC(CCc2noc3c(C)c(OCC4CC4)ccc23)CC1. The molecule has 0 N–H and O–H groups in total. The van der Waals surface area contributed by atoms with Crippen molar-refractivity contribution in [3.05, 3.63) is 45.3 Å². The lowest BCUT2D eigenvalue weighted by Gasteiger charge is -2.31. The van der Waals surface area contributed by atoms with Crippen LogP contribution in [0.3, 0.4) is 0 Å². The van der Waals surface area contributed by atoms with Crippen LogP contribution in [0.4, 0.5) is 0 Å². The number of nitrogens with zero attached hydrogens (tertiary/aromatic N) is 3. The zero-order chi connectivity index (χ0) is 22.6. The molecule has 0 radical (unpaired) electrons. The maximum atomic E-state index is 6.00. The summed E-state index contributed by atoms with van der Waals surface area (Å²) in [4.78, 5) is 8.76. The fourth-order valence-corrected chi connectivity index (χ4v) is 5.57. The Kier molecular flexibility index (Phi) is 6.97. The Labute approximate surface area is 199 Å². The molecule has 2 aromatic heterocycles. The number of aromatic nitrogens is 1. The average molecular weight is 468 g/mol. The van der Waals surface area contributed by atoms with Gasteiger partial charge in [0.1, 0.15) is 12.9 Å². The number of benzene rings is 1. The molecule has 3 heterocycles. The Bertz CT molecular complexity index is 1090. The largest absolute Gasteiger partial charge is 0.493 e. The molecule has 0 unspecified atom stereocenters. The number of likely N-dealkylation sites (tertiary alicyclic amines) is 1. The number of oxime groups is 1. The zero-order valence-electron chi connectivity index (χ0n) is 19.6. The predicted molar refractivity (Wildman–Crippen MR) is 132 cm³/mol. The summed E-state index contributed by atoms with van der Waals surface area (Å²) in [6.45, 7) is 6.18. The summed E-state index contributed by atoms with van der Waals surface area (Å²) in [6.07, 6.45) is 9.02. The molecule has 0 amide bonds. The Hall–Kier alpha value is -2.38. The van der Waals surface area contributed by atoms with Crippen molar-refractivity contribution in [2.75, 3.05) is 26.8 Å². The normalized spacial score (nSPS) is 17.9. The van der Waals surface area contributed by atoms with Gasteiger partial charge in [-0.1, -0.05) is 10.3 Å². The third kappa shape index (κ3) is 5.41. The van der Waals surface area contributed by atoms with E-state index in [0.29, 0.717) is 0 Å². The quantitative estimate of drug-likeness (QED) is 0.278. The number of hydrogen-bond donors (Lipinski definition) is 0. The summed E-state index contributed by atoms with van der Waals surface area (Å²) < 4.78 is 11.7. The maximum Gasteiger partial charge on any atom is 0.173 e. The first kappa shape index (κ1) is 22.4. The molecule has 1 saturated carbocycles. The smallest absolute Gasteiger partial charge is 0.173 e. The van der Waals surface area contributed by atoms with E-state index in [2.05, 4.69) is 45.7 Å². The number of aryl methyl sites for hydroxylation is 2. The van der Waals surface area contributed by atoms with Crippen molar-refractivity contribution in [1.82, 2.24) is 10.1 Å². The standard InChI is InChI=1S/C26H33N3O3S/c1-18-24(31-17-20-3-4-20)8-6-22-23(28-32-26(18)22)7-5-19-9-12-29(13-10-19)16-25-21(11-14-33-25)15-27-30-2/h6,8,11,14-15,19-20H,3-5,7,9-10,12-13,16-17H2,1-2H3. The highest BCUT2D eigenvalue weighted by molar-refractivity contribution is 7.10. The van der Waals surface area contributed by atoms with E-state index in [9.17, 15) is 0 Å². The van der Waals surface area contributed by atoms with Crippen molar-refractivity contribution in [2.24, 2.45) is 17.0 Å². The van der Waals surface area contributed by atoms with Gasteiger partial charge in [-0.2, -0.15) is 0 Å². The molecule has 3 aromatic rings. The Morgan fingerprint density at radius 1 is 1.18 bits per heavy atom. The Balaban J connectivity index is 1.12. The van der Waals surface area contributed by atoms with Gasteiger partial charge in [-0.15, -0.1) is 11.3 Å². The number of piperidine rings is 1. The van der Waals surface area contributed by atoms with E-state index in [1.54, 1.807) is 18.4 Å². The van der Waals surface area contributed by atoms with Crippen LogP contribution in [0.25, 0.3) is 11.0 Å². The van der Waals surface area contributed by atoms with Crippen molar-refractivity contribution >= 4 is 28.5 Å². The van der Waals surface area contributed by atoms with Gasteiger partial charge in [-0.25, -0.2) is 0 Å². The first-order chi connectivity index (χ1) is 16.2. The van der Waals surface area contributed by atoms with Crippen molar-refractivity contribution in [3.8, 4) is 5.75 Å². The minimum Gasteiger partial charge on any atom is -0.493 e. The molecule has 1 aliphatic heterocycles. The van der Waals surface area contributed by atoms with Gasteiger partial charge in [-0.3, -0.25) is 4.90 Å². The second-order valence-electron chi connectivity index (χ2n) is 9.42. The second kappa shape index (κ2) is 10.3. The highest BCUT2D eigenvalue weighted by Crippen LogP contribution is 2.34. The summed E-state index contributed by atoms with van der Waals surface area (Å²) in [7, 11) is 1.58. The molecule has 2 fully saturated rings.